The molecular weight excluding hydrogens is 401 g/mol. The molecule has 0 atom stereocenters. The van der Waals surface area contributed by atoms with Gasteiger partial charge in [-0.1, -0.05) is 36.9 Å². The van der Waals surface area contributed by atoms with Crippen molar-refractivity contribution in [1.29, 1.82) is 0 Å². The molecule has 6 heteroatoms. The first-order valence-corrected chi connectivity index (χ1v) is 7.45. The van der Waals surface area contributed by atoms with E-state index in [0.717, 1.165) is 5.56 Å². The monoisotopic (exact) mass is 423 g/mol. The topological polar surface area (TPSA) is 59.6 Å². The van der Waals surface area contributed by atoms with Gasteiger partial charge in [-0.15, -0.1) is 24.0 Å². The predicted octanol–water partition coefficient (Wildman–Crippen LogP) is 3.70. The SMILES string of the molecule is COc1ccc(CN=C(N)NC2CCCCC2)cc1Cl.I. The third kappa shape index (κ3) is 5.90. The van der Waals surface area contributed by atoms with Crippen LogP contribution >= 0.6 is 35.6 Å². The first kappa shape index (κ1) is 18.4. The summed E-state index contributed by atoms with van der Waals surface area (Å²) < 4.78 is 5.12. The molecule has 1 fully saturated rings. The van der Waals surface area contributed by atoms with E-state index in [-0.39, 0.29) is 24.0 Å². The number of halogens is 2. The van der Waals surface area contributed by atoms with Crippen LogP contribution in [0.25, 0.3) is 0 Å². The predicted molar refractivity (Wildman–Crippen MR) is 98.8 cm³/mol. The van der Waals surface area contributed by atoms with Crippen molar-refractivity contribution in [3.8, 4) is 5.75 Å². The molecule has 0 aliphatic heterocycles. The fourth-order valence-electron chi connectivity index (χ4n) is 2.49. The van der Waals surface area contributed by atoms with Crippen LogP contribution in [0.4, 0.5) is 0 Å². The fraction of sp³-hybridized carbons (Fsp3) is 0.533. The maximum absolute atomic E-state index is 6.08. The van der Waals surface area contributed by atoms with Crippen molar-refractivity contribution in [3.05, 3.63) is 28.8 Å². The Balaban J connectivity index is 0.00000220. The molecule has 0 amide bonds. The van der Waals surface area contributed by atoms with E-state index in [1.165, 1.54) is 32.1 Å². The normalized spacial score (nSPS) is 16.2. The zero-order chi connectivity index (χ0) is 14.4. The lowest BCUT2D eigenvalue weighted by atomic mass is 9.96. The quantitative estimate of drug-likeness (QED) is 0.441. The third-order valence-corrected chi connectivity index (χ3v) is 3.90. The highest BCUT2D eigenvalue weighted by molar-refractivity contribution is 14.0. The molecule has 21 heavy (non-hydrogen) atoms. The summed E-state index contributed by atoms with van der Waals surface area (Å²) in [6, 6.07) is 6.13. The molecule has 0 spiro atoms. The highest BCUT2D eigenvalue weighted by Crippen LogP contribution is 2.25. The molecule has 4 nitrogen and oxygen atoms in total. The molecule has 0 saturated heterocycles. The molecule has 1 aliphatic carbocycles. The number of hydrogen-bond acceptors (Lipinski definition) is 2. The highest BCUT2D eigenvalue weighted by Gasteiger charge is 2.13. The van der Waals surface area contributed by atoms with Gasteiger partial charge in [-0.25, -0.2) is 4.99 Å². The molecule has 118 valence electrons. The van der Waals surface area contributed by atoms with Gasteiger partial charge in [0.1, 0.15) is 5.75 Å². The highest BCUT2D eigenvalue weighted by atomic mass is 127. The summed E-state index contributed by atoms with van der Waals surface area (Å²) in [5.41, 5.74) is 6.95. The number of nitrogens with two attached hydrogens (primary N) is 1. The smallest absolute Gasteiger partial charge is 0.189 e. The standard InChI is InChI=1S/C15H22ClN3O.HI/c1-20-14-8-7-11(9-13(14)16)10-18-15(17)19-12-5-3-2-4-6-12;/h7-9,12H,2-6,10H2,1H3,(H3,17,18,19);1H. The molecule has 3 N–H and O–H groups in total. The van der Waals surface area contributed by atoms with E-state index in [2.05, 4.69) is 10.3 Å². The molecule has 0 heterocycles. The number of aliphatic imine (C=N–C) groups is 1. The first-order valence-electron chi connectivity index (χ1n) is 7.08. The van der Waals surface area contributed by atoms with Crippen molar-refractivity contribution in [1.82, 2.24) is 5.32 Å². The van der Waals surface area contributed by atoms with Crippen molar-refractivity contribution in [2.45, 2.75) is 44.7 Å². The summed E-state index contributed by atoms with van der Waals surface area (Å²) in [5.74, 6) is 1.19. The van der Waals surface area contributed by atoms with Gasteiger partial charge in [0.25, 0.3) is 0 Å². The van der Waals surface area contributed by atoms with Crippen LogP contribution in [0.1, 0.15) is 37.7 Å². The van der Waals surface area contributed by atoms with Gasteiger partial charge >= 0.3 is 0 Å². The summed E-state index contributed by atoms with van der Waals surface area (Å²) in [6.45, 7) is 0.523. The number of ether oxygens (including phenoxy) is 1. The van der Waals surface area contributed by atoms with Crippen LogP contribution in [0.2, 0.25) is 5.02 Å². The number of rotatable bonds is 4. The Kier molecular flexibility index (Phi) is 8.18. The summed E-state index contributed by atoms with van der Waals surface area (Å²) >= 11 is 6.08. The number of benzene rings is 1. The van der Waals surface area contributed by atoms with E-state index < -0.39 is 0 Å². The van der Waals surface area contributed by atoms with Gasteiger partial charge in [0, 0.05) is 6.04 Å². The van der Waals surface area contributed by atoms with E-state index in [0.29, 0.717) is 29.3 Å². The van der Waals surface area contributed by atoms with Crippen LogP contribution in [0, 0.1) is 0 Å². The lowest BCUT2D eigenvalue weighted by Crippen LogP contribution is -2.41. The molecule has 0 radical (unpaired) electrons. The summed E-state index contributed by atoms with van der Waals surface area (Å²) in [7, 11) is 1.60. The minimum absolute atomic E-state index is 0. The molecule has 1 aliphatic rings. The maximum Gasteiger partial charge on any atom is 0.189 e. The van der Waals surface area contributed by atoms with Crippen molar-refractivity contribution in [2.24, 2.45) is 10.7 Å². The molecular formula is C15H23ClIN3O. The van der Waals surface area contributed by atoms with Crippen LogP contribution in [0.3, 0.4) is 0 Å². The van der Waals surface area contributed by atoms with Gasteiger partial charge in [0.2, 0.25) is 0 Å². The summed E-state index contributed by atoms with van der Waals surface area (Å²) in [6.07, 6.45) is 6.26. The van der Waals surface area contributed by atoms with Crippen LogP contribution < -0.4 is 15.8 Å². The lowest BCUT2D eigenvalue weighted by Gasteiger charge is -2.23. The summed E-state index contributed by atoms with van der Waals surface area (Å²) in [4.78, 5) is 4.37. The van der Waals surface area contributed by atoms with Crippen LogP contribution in [-0.2, 0) is 6.54 Å². The van der Waals surface area contributed by atoms with Gasteiger partial charge in [-0.05, 0) is 30.5 Å². The Morgan fingerprint density at radius 3 is 2.71 bits per heavy atom. The lowest BCUT2D eigenvalue weighted by molar-refractivity contribution is 0.412. The van der Waals surface area contributed by atoms with Gasteiger partial charge in [0.15, 0.2) is 5.96 Å². The Hall–Kier alpha value is -0.690. The average Bonchev–Trinajstić information content (AvgIpc) is 2.46. The minimum atomic E-state index is 0. The van der Waals surface area contributed by atoms with Gasteiger partial charge < -0.3 is 15.8 Å². The Morgan fingerprint density at radius 2 is 2.10 bits per heavy atom. The van der Waals surface area contributed by atoms with Gasteiger partial charge in [0.05, 0.1) is 18.7 Å². The number of guanidine groups is 1. The molecule has 0 aromatic heterocycles. The van der Waals surface area contributed by atoms with E-state index in [4.69, 9.17) is 22.1 Å². The zero-order valence-corrected chi connectivity index (χ0v) is 15.4. The number of nitrogens with zero attached hydrogens (tertiary/aromatic N) is 1. The van der Waals surface area contributed by atoms with Crippen LogP contribution in [0.15, 0.2) is 23.2 Å². The number of methoxy groups -OCH3 is 1. The Morgan fingerprint density at radius 1 is 1.38 bits per heavy atom. The van der Waals surface area contributed by atoms with Crippen LogP contribution in [-0.4, -0.2) is 19.1 Å². The third-order valence-electron chi connectivity index (χ3n) is 3.61. The van der Waals surface area contributed by atoms with E-state index >= 15 is 0 Å². The van der Waals surface area contributed by atoms with E-state index in [1.54, 1.807) is 7.11 Å². The largest absolute Gasteiger partial charge is 0.495 e. The zero-order valence-electron chi connectivity index (χ0n) is 12.3. The first-order chi connectivity index (χ1) is 9.69. The van der Waals surface area contributed by atoms with Gasteiger partial charge in [-0.2, -0.15) is 0 Å². The molecule has 1 aromatic rings. The molecule has 0 bridgehead atoms. The number of hydrogen-bond donors (Lipinski definition) is 2. The molecule has 1 saturated carbocycles. The second-order valence-electron chi connectivity index (χ2n) is 5.15. The van der Waals surface area contributed by atoms with E-state index in [1.807, 2.05) is 18.2 Å². The minimum Gasteiger partial charge on any atom is -0.495 e. The van der Waals surface area contributed by atoms with Crippen molar-refractivity contribution >= 4 is 41.5 Å². The molecule has 0 unspecified atom stereocenters. The second kappa shape index (κ2) is 9.35. The van der Waals surface area contributed by atoms with Crippen molar-refractivity contribution in [2.75, 3.05) is 7.11 Å². The molecule has 2 rings (SSSR count). The van der Waals surface area contributed by atoms with Crippen molar-refractivity contribution < 1.29 is 4.74 Å². The van der Waals surface area contributed by atoms with Crippen molar-refractivity contribution in [3.63, 3.8) is 0 Å². The number of nitrogens with one attached hydrogen (secondary N) is 1. The Labute approximate surface area is 148 Å². The Bertz CT molecular complexity index is 476. The second-order valence-corrected chi connectivity index (χ2v) is 5.56. The van der Waals surface area contributed by atoms with Crippen LogP contribution in [0.5, 0.6) is 5.75 Å². The maximum atomic E-state index is 6.08. The fourth-order valence-corrected chi connectivity index (χ4v) is 2.77. The average molecular weight is 424 g/mol. The summed E-state index contributed by atoms with van der Waals surface area (Å²) in [5, 5.41) is 3.89. The van der Waals surface area contributed by atoms with E-state index in [9.17, 15) is 0 Å². The van der Waals surface area contributed by atoms with Gasteiger partial charge in [-0.3, -0.25) is 0 Å². The molecule has 1 aromatic carbocycles.